The van der Waals surface area contributed by atoms with Crippen LogP contribution in [0.15, 0.2) is 24.3 Å². The molecule has 0 aliphatic heterocycles. The van der Waals surface area contributed by atoms with E-state index in [9.17, 15) is 18.0 Å². The van der Waals surface area contributed by atoms with E-state index >= 15 is 0 Å². The van der Waals surface area contributed by atoms with E-state index < -0.39 is 18.3 Å². The van der Waals surface area contributed by atoms with Gasteiger partial charge in [0.15, 0.2) is 0 Å². The number of halogens is 3. The monoisotopic (exact) mass is 342 g/mol. The van der Waals surface area contributed by atoms with E-state index in [2.05, 4.69) is 20.3 Å². The van der Waals surface area contributed by atoms with Gasteiger partial charge in [-0.15, -0.1) is 13.2 Å². The maximum absolute atomic E-state index is 12.2. The lowest BCUT2D eigenvalue weighted by atomic mass is 10.1. The Morgan fingerprint density at radius 3 is 2.71 bits per heavy atom. The van der Waals surface area contributed by atoms with Gasteiger partial charge in [0.1, 0.15) is 11.8 Å². The highest BCUT2D eigenvalue weighted by Crippen LogP contribution is 2.23. The zero-order valence-electron chi connectivity index (χ0n) is 13.1. The predicted molar refractivity (Wildman–Crippen MR) is 80.0 cm³/mol. The van der Waals surface area contributed by atoms with Gasteiger partial charge in [-0.3, -0.25) is 9.89 Å². The number of amides is 1. The standard InChI is InChI=1S/C15H17F3N4O2/c1-8-12(9(2)22-21-8)13(19)14(23)20-7-10-4-3-5-11(6-10)24-15(16,17)18/h3-6,13H,7,19H2,1-2H3,(H,20,23)(H,21,22). The fourth-order valence-electron chi connectivity index (χ4n) is 2.30. The predicted octanol–water partition coefficient (Wildman–Crippen LogP) is 2.24. The normalized spacial score (nSPS) is 12.8. The number of rotatable bonds is 5. The SMILES string of the molecule is Cc1n[nH]c(C)c1C(N)C(=O)NCc1cccc(OC(F)(F)F)c1. The molecule has 1 amide bonds. The second-order valence-corrected chi connectivity index (χ2v) is 5.24. The van der Waals surface area contributed by atoms with Crippen LogP contribution in [0.25, 0.3) is 0 Å². The van der Waals surface area contributed by atoms with Gasteiger partial charge in [0.05, 0.1) is 5.69 Å². The largest absolute Gasteiger partial charge is 0.573 e. The van der Waals surface area contributed by atoms with Gasteiger partial charge in [0.2, 0.25) is 5.91 Å². The molecule has 0 aliphatic carbocycles. The average Bonchev–Trinajstić information content (AvgIpc) is 2.82. The van der Waals surface area contributed by atoms with Crippen molar-refractivity contribution >= 4 is 5.91 Å². The molecule has 1 aromatic carbocycles. The van der Waals surface area contributed by atoms with Crippen molar-refractivity contribution in [2.45, 2.75) is 32.8 Å². The zero-order valence-corrected chi connectivity index (χ0v) is 13.1. The van der Waals surface area contributed by atoms with Gasteiger partial charge in [-0.25, -0.2) is 0 Å². The second kappa shape index (κ2) is 6.91. The minimum absolute atomic E-state index is 0.0253. The summed E-state index contributed by atoms with van der Waals surface area (Å²) in [5, 5.41) is 9.31. The minimum Gasteiger partial charge on any atom is -0.406 e. The van der Waals surface area contributed by atoms with Gasteiger partial charge < -0.3 is 15.8 Å². The van der Waals surface area contributed by atoms with E-state index in [-0.39, 0.29) is 12.3 Å². The van der Waals surface area contributed by atoms with Gasteiger partial charge in [0, 0.05) is 17.8 Å². The number of nitrogens with one attached hydrogen (secondary N) is 2. The highest BCUT2D eigenvalue weighted by atomic mass is 19.4. The van der Waals surface area contributed by atoms with Crippen LogP contribution >= 0.6 is 0 Å². The van der Waals surface area contributed by atoms with E-state index in [1.807, 2.05) is 0 Å². The molecule has 6 nitrogen and oxygen atoms in total. The van der Waals surface area contributed by atoms with Crippen LogP contribution in [-0.4, -0.2) is 22.5 Å². The lowest BCUT2D eigenvalue weighted by molar-refractivity contribution is -0.274. The average molecular weight is 342 g/mol. The van der Waals surface area contributed by atoms with E-state index in [1.165, 1.54) is 18.2 Å². The van der Waals surface area contributed by atoms with Crippen molar-refractivity contribution in [3.63, 3.8) is 0 Å². The number of ether oxygens (including phenoxy) is 1. The molecule has 0 saturated carbocycles. The van der Waals surface area contributed by atoms with Crippen LogP contribution in [0.5, 0.6) is 5.75 Å². The summed E-state index contributed by atoms with van der Waals surface area (Å²) in [6.45, 7) is 3.50. The van der Waals surface area contributed by atoms with Crippen LogP contribution in [0.3, 0.4) is 0 Å². The molecule has 130 valence electrons. The summed E-state index contributed by atoms with van der Waals surface area (Å²) in [6, 6.07) is 4.45. The number of aromatic nitrogens is 2. The first-order chi connectivity index (χ1) is 11.2. The van der Waals surface area contributed by atoms with Crippen molar-refractivity contribution in [2.24, 2.45) is 5.73 Å². The summed E-state index contributed by atoms with van der Waals surface area (Å²) in [5.41, 5.74) is 8.28. The molecular weight excluding hydrogens is 325 g/mol. The van der Waals surface area contributed by atoms with Gasteiger partial charge in [-0.05, 0) is 31.5 Å². The summed E-state index contributed by atoms with van der Waals surface area (Å²) in [4.78, 5) is 12.1. The molecule has 1 unspecified atom stereocenters. The number of nitrogens with zero attached hydrogens (tertiary/aromatic N) is 1. The quantitative estimate of drug-likeness (QED) is 0.777. The molecule has 2 aromatic rings. The first-order valence-electron chi connectivity index (χ1n) is 7.07. The van der Waals surface area contributed by atoms with Crippen molar-refractivity contribution in [2.75, 3.05) is 0 Å². The first-order valence-corrected chi connectivity index (χ1v) is 7.07. The Morgan fingerprint density at radius 1 is 1.42 bits per heavy atom. The Labute approximate surface area is 136 Å². The molecule has 0 saturated heterocycles. The smallest absolute Gasteiger partial charge is 0.406 e. The third kappa shape index (κ3) is 4.48. The van der Waals surface area contributed by atoms with E-state index in [0.29, 0.717) is 22.5 Å². The molecule has 24 heavy (non-hydrogen) atoms. The van der Waals surface area contributed by atoms with Crippen molar-refractivity contribution < 1.29 is 22.7 Å². The molecule has 0 spiro atoms. The van der Waals surface area contributed by atoms with Crippen LogP contribution < -0.4 is 15.8 Å². The maximum atomic E-state index is 12.2. The van der Waals surface area contributed by atoms with E-state index in [4.69, 9.17) is 5.73 Å². The molecule has 0 fully saturated rings. The van der Waals surface area contributed by atoms with E-state index in [0.717, 1.165) is 0 Å². The van der Waals surface area contributed by atoms with Gasteiger partial charge in [0.25, 0.3) is 0 Å². The van der Waals surface area contributed by atoms with Crippen molar-refractivity contribution in [1.29, 1.82) is 0 Å². The molecule has 1 heterocycles. The van der Waals surface area contributed by atoms with Gasteiger partial charge in [-0.1, -0.05) is 12.1 Å². The third-order valence-corrected chi connectivity index (χ3v) is 3.38. The molecule has 9 heteroatoms. The number of alkyl halides is 3. The van der Waals surface area contributed by atoms with Gasteiger partial charge >= 0.3 is 6.36 Å². The zero-order chi connectivity index (χ0) is 17.9. The minimum atomic E-state index is -4.76. The van der Waals surface area contributed by atoms with Crippen LogP contribution in [0.4, 0.5) is 13.2 Å². The number of aryl methyl sites for hydroxylation is 2. The molecule has 0 aliphatic rings. The van der Waals surface area contributed by atoms with Crippen molar-refractivity contribution in [3.05, 3.63) is 46.8 Å². The molecular formula is C15H17F3N4O2. The summed E-state index contributed by atoms with van der Waals surface area (Å²) in [5.74, 6) is -0.801. The lowest BCUT2D eigenvalue weighted by Gasteiger charge is -2.14. The highest BCUT2D eigenvalue weighted by Gasteiger charge is 2.31. The number of nitrogens with two attached hydrogens (primary N) is 1. The number of carbonyl (C=O) groups excluding carboxylic acids is 1. The molecule has 2 rings (SSSR count). The first kappa shape index (κ1) is 17.8. The summed E-state index contributed by atoms with van der Waals surface area (Å²) >= 11 is 0. The Hall–Kier alpha value is -2.55. The van der Waals surface area contributed by atoms with Crippen LogP contribution in [0, 0.1) is 13.8 Å². The van der Waals surface area contributed by atoms with Crippen LogP contribution in [0.1, 0.15) is 28.6 Å². The van der Waals surface area contributed by atoms with Gasteiger partial charge in [-0.2, -0.15) is 5.10 Å². The topological polar surface area (TPSA) is 93.0 Å². The molecule has 0 bridgehead atoms. The van der Waals surface area contributed by atoms with Crippen molar-refractivity contribution in [1.82, 2.24) is 15.5 Å². The third-order valence-electron chi connectivity index (χ3n) is 3.38. The van der Waals surface area contributed by atoms with Crippen molar-refractivity contribution in [3.8, 4) is 5.75 Å². The van der Waals surface area contributed by atoms with E-state index in [1.54, 1.807) is 19.9 Å². The van der Waals surface area contributed by atoms with Crippen LogP contribution in [-0.2, 0) is 11.3 Å². The Kier molecular flexibility index (Phi) is 5.13. The number of aromatic amines is 1. The summed E-state index contributed by atoms with van der Waals surface area (Å²) in [6.07, 6.45) is -4.76. The Bertz CT molecular complexity index is 708. The number of carbonyl (C=O) groups is 1. The second-order valence-electron chi connectivity index (χ2n) is 5.24. The number of benzene rings is 1. The molecule has 1 atom stereocenters. The summed E-state index contributed by atoms with van der Waals surface area (Å²) < 4.78 is 40.5. The molecule has 4 N–H and O–H groups in total. The fourth-order valence-corrected chi connectivity index (χ4v) is 2.30. The molecule has 1 aromatic heterocycles. The maximum Gasteiger partial charge on any atom is 0.573 e. The Morgan fingerprint density at radius 2 is 2.12 bits per heavy atom. The fraction of sp³-hybridized carbons (Fsp3) is 0.333. The number of hydrogen-bond donors (Lipinski definition) is 3. The molecule has 0 radical (unpaired) electrons. The number of hydrogen-bond acceptors (Lipinski definition) is 4. The lowest BCUT2D eigenvalue weighted by Crippen LogP contribution is -2.34. The Balaban J connectivity index is 2.00. The summed E-state index contributed by atoms with van der Waals surface area (Å²) in [7, 11) is 0. The number of H-pyrrole nitrogens is 1. The van der Waals surface area contributed by atoms with Crippen LogP contribution in [0.2, 0.25) is 0 Å². The highest BCUT2D eigenvalue weighted by molar-refractivity contribution is 5.83.